The third-order valence-corrected chi connectivity index (χ3v) is 9.28. The summed E-state index contributed by atoms with van der Waals surface area (Å²) in [7, 11) is 2.17. The van der Waals surface area contributed by atoms with E-state index in [9.17, 15) is 0 Å². The van der Waals surface area contributed by atoms with Gasteiger partial charge >= 0.3 is 0 Å². The van der Waals surface area contributed by atoms with Crippen molar-refractivity contribution >= 4 is 10.8 Å². The fraction of sp³-hybridized carbons (Fsp3) is 0.150. The molecule has 3 heterocycles. The zero-order valence-electron chi connectivity index (χ0n) is 25.6. The van der Waals surface area contributed by atoms with Crippen LogP contribution in [-0.4, -0.2) is 14.1 Å². The highest BCUT2D eigenvalue weighted by Crippen LogP contribution is 2.45. The van der Waals surface area contributed by atoms with Crippen LogP contribution in [0.3, 0.4) is 0 Å². The van der Waals surface area contributed by atoms with Crippen LogP contribution in [0, 0.1) is 6.92 Å². The highest BCUT2D eigenvalue weighted by molar-refractivity contribution is 6.00. The Labute approximate surface area is 258 Å². The molecular weight excluding hydrogens is 536 g/mol. The van der Waals surface area contributed by atoms with Crippen molar-refractivity contribution in [1.82, 2.24) is 14.1 Å². The Bertz CT molecular complexity index is 2120. The molecule has 214 valence electrons. The molecule has 0 N–H and O–H groups in total. The minimum Gasteiger partial charge on any atom is -0.303 e. The van der Waals surface area contributed by atoms with Crippen LogP contribution in [-0.2, 0) is 13.5 Å². The highest BCUT2D eigenvalue weighted by atomic mass is 15.1. The number of aryl methyl sites for hydroxylation is 2. The first-order valence-electron chi connectivity index (χ1n) is 15.4. The van der Waals surface area contributed by atoms with Crippen molar-refractivity contribution in [2.45, 2.75) is 33.1 Å². The first-order chi connectivity index (χ1) is 21.5. The lowest BCUT2D eigenvalue weighted by molar-refractivity contribution is -0.659. The monoisotopic (exact) mass is 571 g/mol. The fourth-order valence-corrected chi connectivity index (χ4v) is 7.12. The molecule has 7 aromatic rings. The van der Waals surface area contributed by atoms with E-state index < -0.39 is 0 Å². The van der Waals surface area contributed by atoms with Gasteiger partial charge in [0.15, 0.2) is 0 Å². The van der Waals surface area contributed by atoms with E-state index in [0.717, 1.165) is 12.2 Å². The maximum Gasteiger partial charge on any atom is 0.294 e. The number of fused-ring (bicyclic) bond motifs is 5. The Morgan fingerprint density at radius 3 is 1.98 bits per heavy atom. The quantitative estimate of drug-likeness (QED) is 0.189. The van der Waals surface area contributed by atoms with Gasteiger partial charge in [-0.2, -0.15) is 4.57 Å². The largest absolute Gasteiger partial charge is 0.303 e. The summed E-state index contributed by atoms with van der Waals surface area (Å²) in [6.45, 7) is 6.85. The van der Waals surface area contributed by atoms with Gasteiger partial charge in [0, 0.05) is 40.9 Å². The Kier molecular flexibility index (Phi) is 6.12. The van der Waals surface area contributed by atoms with Crippen molar-refractivity contribution in [1.29, 1.82) is 0 Å². The number of imidazole rings is 2. The van der Waals surface area contributed by atoms with Gasteiger partial charge in [-0.25, -0.2) is 9.55 Å². The number of rotatable bonds is 5. The molecule has 4 heteroatoms. The fourth-order valence-electron chi connectivity index (χ4n) is 7.12. The molecule has 5 aromatic carbocycles. The summed E-state index contributed by atoms with van der Waals surface area (Å²) in [5.41, 5.74) is 12.6. The number of benzene rings is 5. The Morgan fingerprint density at radius 2 is 1.34 bits per heavy atom. The Morgan fingerprint density at radius 1 is 0.727 bits per heavy atom. The lowest BCUT2D eigenvalue weighted by Gasteiger charge is -2.20. The van der Waals surface area contributed by atoms with E-state index in [2.05, 4.69) is 157 Å². The van der Waals surface area contributed by atoms with Gasteiger partial charge < -0.3 is 4.57 Å². The molecule has 0 radical (unpaired) electrons. The summed E-state index contributed by atoms with van der Waals surface area (Å²) in [4.78, 5) is 4.76. The van der Waals surface area contributed by atoms with E-state index in [4.69, 9.17) is 4.98 Å². The van der Waals surface area contributed by atoms with Gasteiger partial charge in [-0.15, -0.1) is 0 Å². The van der Waals surface area contributed by atoms with Crippen LogP contribution in [0.4, 0.5) is 0 Å². The Balaban J connectivity index is 1.50. The maximum absolute atomic E-state index is 4.76. The van der Waals surface area contributed by atoms with Gasteiger partial charge in [-0.3, -0.25) is 0 Å². The van der Waals surface area contributed by atoms with E-state index >= 15 is 0 Å². The SMILES string of the molecule is Cc1c(-c2n(-c3c(-c4ccccc4)cc(C(C)C)cc3-c3ccccc3)cc[n+]2C)c2c(c3ccccc13)-n1ccnc1C2. The predicted molar refractivity (Wildman–Crippen MR) is 180 cm³/mol. The molecule has 1 aliphatic rings. The van der Waals surface area contributed by atoms with Crippen LogP contribution in [0.1, 0.15) is 42.3 Å². The van der Waals surface area contributed by atoms with Crippen LogP contribution < -0.4 is 4.57 Å². The molecule has 44 heavy (non-hydrogen) atoms. The standard InChI is InChI=1S/C40H35N4/c1-26(2)30-23-33(28-13-7-5-8-14-28)39(34(24-30)29-15-9-6-10-16-29)44-22-21-42(4)40(44)37-27(3)31-17-11-12-18-32(31)38-35(37)25-36-41-19-20-43(36)38/h5-24,26H,25H2,1-4H3/q+1. The molecule has 4 nitrogen and oxygen atoms in total. The third-order valence-electron chi connectivity index (χ3n) is 9.28. The van der Waals surface area contributed by atoms with Crippen molar-refractivity contribution in [2.24, 2.45) is 7.05 Å². The van der Waals surface area contributed by atoms with Gasteiger partial charge in [-0.1, -0.05) is 98.8 Å². The molecule has 0 spiro atoms. The Hall–Kier alpha value is -5.22. The molecule has 0 saturated carbocycles. The van der Waals surface area contributed by atoms with Crippen molar-refractivity contribution < 1.29 is 4.57 Å². The average molecular weight is 572 g/mol. The highest BCUT2D eigenvalue weighted by Gasteiger charge is 2.34. The van der Waals surface area contributed by atoms with E-state index in [0.29, 0.717) is 5.92 Å². The lowest BCUT2D eigenvalue weighted by Crippen LogP contribution is -2.30. The first kappa shape index (κ1) is 26.4. The summed E-state index contributed by atoms with van der Waals surface area (Å²) in [6.07, 6.45) is 9.27. The third kappa shape index (κ3) is 3.98. The molecule has 0 saturated heterocycles. The van der Waals surface area contributed by atoms with Gasteiger partial charge in [0.2, 0.25) is 0 Å². The first-order valence-corrected chi connectivity index (χ1v) is 15.4. The minimum atomic E-state index is 0.391. The molecule has 0 unspecified atom stereocenters. The zero-order chi connectivity index (χ0) is 29.9. The van der Waals surface area contributed by atoms with Gasteiger partial charge in [0.1, 0.15) is 23.9 Å². The molecule has 2 aromatic heterocycles. The van der Waals surface area contributed by atoms with E-state index in [-0.39, 0.29) is 0 Å². The molecule has 0 fully saturated rings. The number of hydrogen-bond donors (Lipinski definition) is 0. The van der Waals surface area contributed by atoms with Crippen molar-refractivity contribution in [3.63, 3.8) is 0 Å². The normalized spacial score (nSPS) is 12.2. The molecule has 0 bridgehead atoms. The zero-order valence-corrected chi connectivity index (χ0v) is 25.6. The molecule has 0 amide bonds. The van der Waals surface area contributed by atoms with Crippen molar-refractivity contribution in [2.75, 3.05) is 0 Å². The molecule has 0 aliphatic carbocycles. The number of hydrogen-bond acceptors (Lipinski definition) is 1. The molecule has 1 aliphatic heterocycles. The summed E-state index contributed by atoms with van der Waals surface area (Å²) in [5, 5.41) is 2.55. The van der Waals surface area contributed by atoms with Gasteiger partial charge in [0.05, 0.1) is 18.3 Å². The topological polar surface area (TPSA) is 26.6 Å². The summed E-state index contributed by atoms with van der Waals surface area (Å²) >= 11 is 0. The van der Waals surface area contributed by atoms with Gasteiger partial charge in [-0.05, 0) is 52.6 Å². The second kappa shape index (κ2) is 10.2. The van der Waals surface area contributed by atoms with Crippen LogP contribution in [0.5, 0.6) is 0 Å². The van der Waals surface area contributed by atoms with Crippen LogP contribution in [0.15, 0.2) is 122 Å². The predicted octanol–water partition coefficient (Wildman–Crippen LogP) is 8.98. The number of nitrogens with zero attached hydrogens (tertiary/aromatic N) is 4. The average Bonchev–Trinajstić information content (AvgIpc) is 3.77. The van der Waals surface area contributed by atoms with Crippen LogP contribution in [0.25, 0.3) is 55.8 Å². The smallest absolute Gasteiger partial charge is 0.294 e. The summed E-state index contributed by atoms with van der Waals surface area (Å²) < 4.78 is 7.02. The van der Waals surface area contributed by atoms with Crippen molar-refractivity contribution in [3.05, 3.63) is 144 Å². The summed E-state index contributed by atoms with van der Waals surface area (Å²) in [6, 6.07) is 35.3. The van der Waals surface area contributed by atoms with Gasteiger partial charge in [0.25, 0.3) is 5.82 Å². The maximum atomic E-state index is 4.76. The molecule has 8 rings (SSSR count). The van der Waals surface area contributed by atoms with E-state index in [1.165, 1.54) is 72.5 Å². The second-order valence-corrected chi connectivity index (χ2v) is 12.2. The number of aromatic nitrogens is 4. The van der Waals surface area contributed by atoms with E-state index in [1.54, 1.807) is 0 Å². The van der Waals surface area contributed by atoms with E-state index in [1.807, 2.05) is 6.20 Å². The minimum absolute atomic E-state index is 0.391. The van der Waals surface area contributed by atoms with Crippen LogP contribution >= 0.6 is 0 Å². The van der Waals surface area contributed by atoms with Crippen LogP contribution in [0.2, 0.25) is 0 Å². The second-order valence-electron chi connectivity index (χ2n) is 12.2. The summed E-state index contributed by atoms with van der Waals surface area (Å²) in [5.74, 6) is 2.65. The van der Waals surface area contributed by atoms with Crippen molar-refractivity contribution in [3.8, 4) is 45.0 Å². The molecular formula is C40H35N4+. The molecule has 0 atom stereocenters. The lowest BCUT2D eigenvalue weighted by atomic mass is 9.89.